The van der Waals surface area contributed by atoms with Crippen molar-refractivity contribution >= 4 is 11.8 Å². The van der Waals surface area contributed by atoms with E-state index in [2.05, 4.69) is 11.9 Å². The van der Waals surface area contributed by atoms with Crippen LogP contribution in [-0.4, -0.2) is 0 Å². The summed E-state index contributed by atoms with van der Waals surface area (Å²) in [5.41, 5.74) is 2.64. The van der Waals surface area contributed by atoms with Crippen molar-refractivity contribution in [3.8, 4) is 0 Å². The summed E-state index contributed by atoms with van der Waals surface area (Å²) < 4.78 is 12.7. The van der Waals surface area contributed by atoms with Crippen LogP contribution in [0.15, 0.2) is 31.0 Å². The van der Waals surface area contributed by atoms with E-state index in [9.17, 15) is 4.39 Å². The lowest BCUT2D eigenvalue weighted by molar-refractivity contribution is 0.627. The molecule has 0 amide bonds. The molecule has 0 aliphatic carbocycles. The van der Waals surface area contributed by atoms with Crippen LogP contribution in [0.25, 0.3) is 11.8 Å². The Morgan fingerprint density at radius 1 is 1.33 bits per heavy atom. The highest BCUT2D eigenvalue weighted by atomic mass is 19.1. The van der Waals surface area contributed by atoms with E-state index >= 15 is 0 Å². The third-order valence-electron chi connectivity index (χ3n) is 1.86. The predicted molar refractivity (Wildman–Crippen MR) is 47.6 cm³/mol. The quantitative estimate of drug-likeness (QED) is 0.616. The summed E-state index contributed by atoms with van der Waals surface area (Å²) in [5, 5.41) is 2.96. The van der Waals surface area contributed by atoms with Gasteiger partial charge in [-0.1, -0.05) is 6.58 Å². The zero-order valence-corrected chi connectivity index (χ0v) is 6.47. The van der Waals surface area contributed by atoms with Crippen LogP contribution in [0.5, 0.6) is 0 Å². The molecule has 1 N–H and O–H groups in total. The van der Waals surface area contributed by atoms with Gasteiger partial charge in [0.1, 0.15) is 5.82 Å². The van der Waals surface area contributed by atoms with Crippen molar-refractivity contribution < 1.29 is 4.39 Å². The first kappa shape index (κ1) is 7.10. The standard InChI is InChI=1S/C10H8FN/c1-7-10-3-2-9(11)6-8(10)4-5-12-7/h2-6,12H,1H2. The topological polar surface area (TPSA) is 12.0 Å². The summed E-state index contributed by atoms with van der Waals surface area (Å²) in [5.74, 6) is -0.215. The molecule has 0 aromatic heterocycles. The number of nitrogens with one attached hydrogen (secondary N) is 1. The molecular formula is C10H8FN. The minimum Gasteiger partial charge on any atom is -0.362 e. The molecule has 1 aliphatic heterocycles. The number of hydrogen-bond donors (Lipinski definition) is 1. The Hall–Kier alpha value is -1.57. The van der Waals surface area contributed by atoms with Gasteiger partial charge in [-0.3, -0.25) is 0 Å². The Balaban J connectivity index is 2.62. The van der Waals surface area contributed by atoms with Crippen LogP contribution in [0.2, 0.25) is 0 Å². The molecule has 1 nitrogen and oxygen atoms in total. The molecule has 1 aromatic carbocycles. The van der Waals surface area contributed by atoms with Gasteiger partial charge >= 0.3 is 0 Å². The average molecular weight is 161 g/mol. The smallest absolute Gasteiger partial charge is 0.123 e. The number of benzene rings is 1. The fourth-order valence-corrected chi connectivity index (χ4v) is 1.26. The van der Waals surface area contributed by atoms with E-state index in [0.717, 1.165) is 16.8 Å². The molecule has 0 saturated carbocycles. The second kappa shape index (κ2) is 2.48. The molecule has 0 spiro atoms. The maximum Gasteiger partial charge on any atom is 0.123 e. The van der Waals surface area contributed by atoms with Crippen molar-refractivity contribution in [1.29, 1.82) is 0 Å². The maximum atomic E-state index is 12.7. The molecule has 0 unspecified atom stereocenters. The largest absolute Gasteiger partial charge is 0.362 e. The van der Waals surface area contributed by atoms with Gasteiger partial charge in [-0.15, -0.1) is 0 Å². The lowest BCUT2D eigenvalue weighted by Gasteiger charge is -2.13. The van der Waals surface area contributed by atoms with Gasteiger partial charge in [0.05, 0.1) is 0 Å². The molecule has 60 valence electrons. The summed E-state index contributed by atoms with van der Waals surface area (Å²) in [7, 11) is 0. The first-order valence-corrected chi connectivity index (χ1v) is 3.69. The molecule has 0 atom stereocenters. The first-order valence-electron chi connectivity index (χ1n) is 3.69. The Bertz CT molecular complexity index is 366. The van der Waals surface area contributed by atoms with Crippen LogP contribution in [-0.2, 0) is 0 Å². The van der Waals surface area contributed by atoms with Crippen LogP contribution in [0.1, 0.15) is 11.1 Å². The summed E-state index contributed by atoms with van der Waals surface area (Å²) in [4.78, 5) is 0. The second-order valence-electron chi connectivity index (χ2n) is 2.69. The maximum absolute atomic E-state index is 12.7. The zero-order valence-electron chi connectivity index (χ0n) is 6.47. The van der Waals surface area contributed by atoms with Crippen molar-refractivity contribution in [2.45, 2.75) is 0 Å². The fourth-order valence-electron chi connectivity index (χ4n) is 1.26. The molecular weight excluding hydrogens is 153 g/mol. The highest BCUT2D eigenvalue weighted by molar-refractivity contribution is 5.76. The number of hydrogen-bond acceptors (Lipinski definition) is 1. The third-order valence-corrected chi connectivity index (χ3v) is 1.86. The van der Waals surface area contributed by atoms with E-state index in [4.69, 9.17) is 0 Å². The Labute approximate surface area is 70.2 Å². The molecule has 1 aliphatic rings. The summed E-state index contributed by atoms with van der Waals surface area (Å²) in [6.07, 6.45) is 3.58. The highest BCUT2D eigenvalue weighted by Crippen LogP contribution is 2.21. The SMILES string of the molecule is C=C1NC=Cc2cc(F)ccc21. The van der Waals surface area contributed by atoms with Crippen LogP contribution < -0.4 is 5.32 Å². The second-order valence-corrected chi connectivity index (χ2v) is 2.69. The number of rotatable bonds is 0. The van der Waals surface area contributed by atoms with Crippen molar-refractivity contribution in [2.75, 3.05) is 0 Å². The minimum absolute atomic E-state index is 0.215. The molecule has 1 heterocycles. The minimum atomic E-state index is -0.215. The summed E-state index contributed by atoms with van der Waals surface area (Å²) in [6, 6.07) is 4.66. The molecule has 2 rings (SSSR count). The van der Waals surface area contributed by atoms with Crippen LogP contribution in [0, 0.1) is 5.82 Å². The van der Waals surface area contributed by atoms with E-state index in [1.807, 2.05) is 6.08 Å². The molecule has 0 fully saturated rings. The van der Waals surface area contributed by atoms with E-state index < -0.39 is 0 Å². The molecule has 0 bridgehead atoms. The Kier molecular flexibility index (Phi) is 1.47. The lowest BCUT2D eigenvalue weighted by Crippen LogP contribution is -2.07. The van der Waals surface area contributed by atoms with Gasteiger partial charge in [0.15, 0.2) is 0 Å². The monoisotopic (exact) mass is 161 g/mol. The predicted octanol–water partition coefficient (Wildman–Crippen LogP) is 2.37. The van der Waals surface area contributed by atoms with Crippen molar-refractivity contribution in [3.05, 3.63) is 47.9 Å². The van der Waals surface area contributed by atoms with Crippen LogP contribution >= 0.6 is 0 Å². The van der Waals surface area contributed by atoms with Gasteiger partial charge in [0.2, 0.25) is 0 Å². The van der Waals surface area contributed by atoms with Gasteiger partial charge in [-0.2, -0.15) is 0 Å². The van der Waals surface area contributed by atoms with Gasteiger partial charge in [0.25, 0.3) is 0 Å². The van der Waals surface area contributed by atoms with Crippen LogP contribution in [0.4, 0.5) is 4.39 Å². The summed E-state index contributed by atoms with van der Waals surface area (Å²) >= 11 is 0. The highest BCUT2D eigenvalue weighted by Gasteiger charge is 2.07. The van der Waals surface area contributed by atoms with Crippen molar-refractivity contribution in [1.82, 2.24) is 5.32 Å². The summed E-state index contributed by atoms with van der Waals surface area (Å²) in [6.45, 7) is 3.80. The van der Waals surface area contributed by atoms with E-state index in [0.29, 0.717) is 0 Å². The van der Waals surface area contributed by atoms with E-state index in [1.54, 1.807) is 12.3 Å². The number of fused-ring (bicyclic) bond motifs is 1. The third kappa shape index (κ3) is 1.01. The molecule has 0 saturated heterocycles. The van der Waals surface area contributed by atoms with Gasteiger partial charge in [0, 0.05) is 17.5 Å². The number of halogens is 1. The first-order chi connectivity index (χ1) is 5.77. The molecule has 0 radical (unpaired) electrons. The molecule has 1 aromatic rings. The van der Waals surface area contributed by atoms with Gasteiger partial charge < -0.3 is 5.32 Å². The van der Waals surface area contributed by atoms with Gasteiger partial charge in [-0.25, -0.2) is 4.39 Å². The van der Waals surface area contributed by atoms with E-state index in [-0.39, 0.29) is 5.82 Å². The van der Waals surface area contributed by atoms with Gasteiger partial charge in [-0.05, 0) is 29.8 Å². The molecule has 2 heteroatoms. The fraction of sp³-hybridized carbons (Fsp3) is 0. The van der Waals surface area contributed by atoms with Crippen molar-refractivity contribution in [2.24, 2.45) is 0 Å². The van der Waals surface area contributed by atoms with Crippen molar-refractivity contribution in [3.63, 3.8) is 0 Å². The normalized spacial score (nSPS) is 13.9. The zero-order chi connectivity index (χ0) is 8.55. The van der Waals surface area contributed by atoms with E-state index in [1.165, 1.54) is 12.1 Å². The van der Waals surface area contributed by atoms with Crippen LogP contribution in [0.3, 0.4) is 0 Å². The Morgan fingerprint density at radius 2 is 2.17 bits per heavy atom. The average Bonchev–Trinajstić information content (AvgIpc) is 2.04. The lowest BCUT2D eigenvalue weighted by atomic mass is 10.0. The molecule has 12 heavy (non-hydrogen) atoms. The Morgan fingerprint density at radius 3 is 3.00 bits per heavy atom.